The summed E-state index contributed by atoms with van der Waals surface area (Å²) in [5, 5.41) is 0.914. The van der Waals surface area contributed by atoms with Crippen molar-refractivity contribution >= 4 is 34.8 Å². The molecule has 0 radical (unpaired) electrons. The van der Waals surface area contributed by atoms with Crippen LogP contribution in [0.3, 0.4) is 0 Å². The second-order valence-corrected chi connectivity index (χ2v) is 8.34. The SMILES string of the molecule is C[C@]1(N)C[C@H]2CN(c3cnc(-c4cccc(Cl)c4Cl)c(N)n3)C[C@H]2C1. The molecule has 1 aromatic carbocycles. The highest BCUT2D eigenvalue weighted by Gasteiger charge is 2.45. The van der Waals surface area contributed by atoms with Crippen LogP contribution in [0.1, 0.15) is 19.8 Å². The average Bonchev–Trinajstić information content (AvgIpc) is 3.04. The van der Waals surface area contributed by atoms with Crippen LogP contribution >= 0.6 is 23.2 Å². The number of nitrogens with zero attached hydrogens (tertiary/aromatic N) is 3. The maximum absolute atomic E-state index is 6.30. The molecule has 4 rings (SSSR count). The van der Waals surface area contributed by atoms with Gasteiger partial charge in [-0.3, -0.25) is 0 Å². The van der Waals surface area contributed by atoms with Crippen LogP contribution < -0.4 is 16.4 Å². The van der Waals surface area contributed by atoms with Gasteiger partial charge >= 0.3 is 0 Å². The van der Waals surface area contributed by atoms with Crippen LogP contribution in [-0.2, 0) is 0 Å². The Labute approximate surface area is 157 Å². The number of fused-ring (bicyclic) bond motifs is 1. The molecule has 1 saturated heterocycles. The summed E-state index contributed by atoms with van der Waals surface area (Å²) in [6.45, 7) is 4.07. The van der Waals surface area contributed by atoms with Gasteiger partial charge in [0.2, 0.25) is 0 Å². The highest BCUT2D eigenvalue weighted by molar-refractivity contribution is 6.43. The van der Waals surface area contributed by atoms with Crippen molar-refractivity contribution in [2.24, 2.45) is 17.6 Å². The van der Waals surface area contributed by atoms with Crippen LogP contribution in [-0.4, -0.2) is 28.6 Å². The molecular weight excluding hydrogens is 357 g/mol. The molecule has 5 nitrogen and oxygen atoms in total. The number of anilines is 2. The standard InChI is InChI=1S/C18H21Cl2N5/c1-18(22)5-10-8-25(9-11(10)6-18)14-7-23-16(17(21)24-14)12-3-2-4-13(19)15(12)20/h2-4,7,10-11H,5-6,8-9,22H2,1H3,(H2,21,24)/t10-,11+,18-. The van der Waals surface area contributed by atoms with Crippen LogP contribution in [0.15, 0.2) is 24.4 Å². The van der Waals surface area contributed by atoms with E-state index in [-0.39, 0.29) is 5.54 Å². The van der Waals surface area contributed by atoms with E-state index in [1.165, 1.54) is 0 Å². The maximum atomic E-state index is 6.30. The molecule has 25 heavy (non-hydrogen) atoms. The van der Waals surface area contributed by atoms with Crippen molar-refractivity contribution in [2.75, 3.05) is 23.7 Å². The lowest BCUT2D eigenvalue weighted by Crippen LogP contribution is -2.35. The number of nitrogen functional groups attached to an aromatic ring is 1. The molecule has 0 unspecified atom stereocenters. The van der Waals surface area contributed by atoms with E-state index in [2.05, 4.69) is 21.8 Å². The molecule has 2 aliphatic rings. The Kier molecular flexibility index (Phi) is 4.06. The molecule has 1 aliphatic carbocycles. The Bertz CT molecular complexity index is 807. The highest BCUT2D eigenvalue weighted by Crippen LogP contribution is 2.43. The van der Waals surface area contributed by atoms with Gasteiger partial charge in [0, 0.05) is 24.2 Å². The summed E-state index contributed by atoms with van der Waals surface area (Å²) in [5.74, 6) is 2.43. The van der Waals surface area contributed by atoms with Gasteiger partial charge < -0.3 is 16.4 Å². The molecule has 4 N–H and O–H groups in total. The summed E-state index contributed by atoms with van der Waals surface area (Å²) < 4.78 is 0. The van der Waals surface area contributed by atoms with Gasteiger partial charge in [-0.15, -0.1) is 0 Å². The third-order valence-electron chi connectivity index (χ3n) is 5.35. The molecule has 132 valence electrons. The second-order valence-electron chi connectivity index (χ2n) is 7.55. The predicted molar refractivity (Wildman–Crippen MR) is 103 cm³/mol. The summed E-state index contributed by atoms with van der Waals surface area (Å²) in [6.07, 6.45) is 3.90. The fraction of sp³-hybridized carbons (Fsp3) is 0.444. The minimum atomic E-state index is -0.0285. The molecular formula is C18H21Cl2N5. The molecule has 2 aromatic rings. The number of nitrogens with two attached hydrogens (primary N) is 2. The third-order valence-corrected chi connectivity index (χ3v) is 6.17. The van der Waals surface area contributed by atoms with Gasteiger partial charge in [0.1, 0.15) is 11.5 Å². The zero-order valence-corrected chi connectivity index (χ0v) is 15.6. The number of aromatic nitrogens is 2. The monoisotopic (exact) mass is 377 g/mol. The zero-order chi connectivity index (χ0) is 17.8. The molecule has 7 heteroatoms. The first-order valence-electron chi connectivity index (χ1n) is 8.45. The fourth-order valence-corrected chi connectivity index (χ4v) is 4.70. The molecule has 1 aliphatic heterocycles. The van der Waals surface area contributed by atoms with E-state index in [0.29, 0.717) is 39.0 Å². The quantitative estimate of drug-likeness (QED) is 0.835. The van der Waals surface area contributed by atoms with Crippen LogP contribution in [0.4, 0.5) is 11.6 Å². The number of halogens is 2. The first-order valence-corrected chi connectivity index (χ1v) is 9.20. The summed E-state index contributed by atoms with van der Waals surface area (Å²) >= 11 is 12.4. The zero-order valence-electron chi connectivity index (χ0n) is 14.0. The molecule has 1 saturated carbocycles. The summed E-state index contributed by atoms with van der Waals surface area (Å²) in [7, 11) is 0. The minimum absolute atomic E-state index is 0.0285. The molecule has 0 bridgehead atoms. The van der Waals surface area contributed by atoms with E-state index in [0.717, 1.165) is 31.7 Å². The molecule has 2 heterocycles. The minimum Gasteiger partial charge on any atom is -0.382 e. The second kappa shape index (κ2) is 6.01. The summed E-state index contributed by atoms with van der Waals surface area (Å²) in [4.78, 5) is 11.4. The number of benzene rings is 1. The van der Waals surface area contributed by atoms with Crippen molar-refractivity contribution in [2.45, 2.75) is 25.3 Å². The van der Waals surface area contributed by atoms with E-state index < -0.39 is 0 Å². The van der Waals surface area contributed by atoms with Crippen LogP contribution in [0, 0.1) is 11.8 Å². The van der Waals surface area contributed by atoms with Gasteiger partial charge in [0.15, 0.2) is 5.82 Å². The number of hydrogen-bond acceptors (Lipinski definition) is 5. The molecule has 1 aromatic heterocycles. The topological polar surface area (TPSA) is 81.1 Å². The van der Waals surface area contributed by atoms with Gasteiger partial charge in [-0.25, -0.2) is 9.97 Å². The lowest BCUT2D eigenvalue weighted by atomic mass is 10.00. The van der Waals surface area contributed by atoms with Crippen molar-refractivity contribution in [3.63, 3.8) is 0 Å². The number of rotatable bonds is 2. The highest BCUT2D eigenvalue weighted by atomic mass is 35.5. The summed E-state index contributed by atoms with van der Waals surface area (Å²) in [6, 6.07) is 5.40. The van der Waals surface area contributed by atoms with Crippen LogP contribution in [0.2, 0.25) is 10.0 Å². The summed E-state index contributed by atoms with van der Waals surface area (Å²) in [5.41, 5.74) is 13.7. The van der Waals surface area contributed by atoms with Crippen LogP contribution in [0.25, 0.3) is 11.3 Å². The average molecular weight is 378 g/mol. The van der Waals surface area contributed by atoms with Crippen molar-refractivity contribution in [1.82, 2.24) is 9.97 Å². The van der Waals surface area contributed by atoms with E-state index in [4.69, 9.17) is 34.7 Å². The molecule has 3 atom stereocenters. The lowest BCUT2D eigenvalue weighted by Gasteiger charge is -2.23. The van der Waals surface area contributed by atoms with Gasteiger partial charge in [-0.2, -0.15) is 0 Å². The Balaban J connectivity index is 1.58. The Hall–Kier alpha value is -1.56. The molecule has 0 spiro atoms. The first kappa shape index (κ1) is 16.9. The predicted octanol–water partition coefficient (Wildman–Crippen LogP) is 3.60. The molecule has 2 fully saturated rings. The lowest BCUT2D eigenvalue weighted by molar-refractivity contribution is 0.449. The van der Waals surface area contributed by atoms with E-state index in [1.54, 1.807) is 12.3 Å². The van der Waals surface area contributed by atoms with Gasteiger partial charge in [0.05, 0.1) is 16.2 Å². The fourth-order valence-electron chi connectivity index (χ4n) is 4.31. The Morgan fingerprint density at radius 1 is 1.20 bits per heavy atom. The number of hydrogen-bond donors (Lipinski definition) is 2. The van der Waals surface area contributed by atoms with Crippen molar-refractivity contribution in [3.05, 3.63) is 34.4 Å². The van der Waals surface area contributed by atoms with E-state index in [1.807, 2.05) is 12.1 Å². The van der Waals surface area contributed by atoms with Crippen LogP contribution in [0.5, 0.6) is 0 Å². The largest absolute Gasteiger partial charge is 0.382 e. The molecule has 0 amide bonds. The van der Waals surface area contributed by atoms with E-state index >= 15 is 0 Å². The van der Waals surface area contributed by atoms with Gasteiger partial charge in [0.25, 0.3) is 0 Å². The normalized spacial score (nSPS) is 28.4. The van der Waals surface area contributed by atoms with Crippen molar-refractivity contribution in [1.29, 1.82) is 0 Å². The maximum Gasteiger partial charge on any atom is 0.152 e. The first-order chi connectivity index (χ1) is 11.8. The smallest absolute Gasteiger partial charge is 0.152 e. The van der Waals surface area contributed by atoms with E-state index in [9.17, 15) is 0 Å². The van der Waals surface area contributed by atoms with Crippen molar-refractivity contribution in [3.8, 4) is 11.3 Å². The van der Waals surface area contributed by atoms with Gasteiger partial charge in [-0.1, -0.05) is 35.3 Å². The van der Waals surface area contributed by atoms with Crippen molar-refractivity contribution < 1.29 is 0 Å². The Morgan fingerprint density at radius 3 is 2.52 bits per heavy atom. The third kappa shape index (κ3) is 3.05. The van der Waals surface area contributed by atoms with Gasteiger partial charge in [-0.05, 0) is 37.7 Å². The Morgan fingerprint density at radius 2 is 1.88 bits per heavy atom.